The molecule has 0 bridgehead atoms. The van der Waals surface area contributed by atoms with Crippen LogP contribution in [0, 0.1) is 13.8 Å². The molecule has 2 aliphatic rings. The second kappa shape index (κ2) is 6.33. The molecule has 4 amide bonds. The Balaban J connectivity index is 1.73. The largest absolute Gasteiger partial charge is 0.422 e. The summed E-state index contributed by atoms with van der Waals surface area (Å²) in [5.74, 6) is -1.61. The molecule has 1 aliphatic heterocycles. The summed E-state index contributed by atoms with van der Waals surface area (Å²) in [6.07, 6.45) is 3.35. The molecule has 7 nitrogen and oxygen atoms in total. The van der Waals surface area contributed by atoms with Gasteiger partial charge >= 0.3 is 23.5 Å². The van der Waals surface area contributed by atoms with Crippen molar-refractivity contribution in [3.05, 3.63) is 45.3 Å². The van der Waals surface area contributed by atoms with Crippen LogP contribution in [0.15, 0.2) is 27.4 Å². The van der Waals surface area contributed by atoms with Crippen molar-refractivity contribution in [1.29, 1.82) is 0 Å². The highest BCUT2D eigenvalue weighted by molar-refractivity contribution is 6.44. The van der Waals surface area contributed by atoms with Crippen LogP contribution < -0.4 is 5.63 Å². The Morgan fingerprint density at radius 3 is 2.44 bits per heavy atom. The van der Waals surface area contributed by atoms with Crippen LogP contribution in [-0.2, 0) is 16.1 Å². The van der Waals surface area contributed by atoms with Gasteiger partial charge in [-0.25, -0.2) is 9.59 Å². The van der Waals surface area contributed by atoms with E-state index in [4.69, 9.17) is 4.42 Å². The molecule has 0 atom stereocenters. The Kier molecular flexibility index (Phi) is 4.09. The first-order valence-electron chi connectivity index (χ1n) is 9.10. The fraction of sp³-hybridized carbons (Fsp3) is 0.400. The number of carbonyl (C=O) groups is 3. The van der Waals surface area contributed by atoms with E-state index in [2.05, 4.69) is 0 Å². The highest BCUT2D eigenvalue weighted by atomic mass is 16.4. The molecule has 1 aromatic heterocycles. The molecule has 0 radical (unpaired) electrons. The second-order valence-corrected chi connectivity index (χ2v) is 7.26. The maximum Gasteiger partial charge on any atom is 0.336 e. The standard InChI is InChI=1S/C20H20N2O5/c1-11-7-8-15-13(9-16(23)27-17(15)12(11)2)10-21-18(24)19(25)22(20(21)26)14-5-3-4-6-14/h7-9,14H,3-6,10H2,1-2H3. The highest BCUT2D eigenvalue weighted by Crippen LogP contribution is 2.30. The molecular formula is C20H20N2O5. The van der Waals surface area contributed by atoms with Crippen molar-refractivity contribution in [3.63, 3.8) is 0 Å². The van der Waals surface area contributed by atoms with Gasteiger partial charge in [0.2, 0.25) is 0 Å². The van der Waals surface area contributed by atoms with Crippen molar-refractivity contribution in [1.82, 2.24) is 9.80 Å². The predicted octanol–water partition coefficient (Wildman–Crippen LogP) is 2.64. The third-order valence-corrected chi connectivity index (χ3v) is 5.62. The fourth-order valence-electron chi connectivity index (χ4n) is 3.97. The number of hydrogen-bond acceptors (Lipinski definition) is 5. The number of carbonyl (C=O) groups excluding carboxylic acids is 3. The number of benzene rings is 1. The SMILES string of the molecule is Cc1ccc2c(CN3C(=O)C(=O)N(C4CCCC4)C3=O)cc(=O)oc2c1C. The number of urea groups is 1. The molecule has 1 saturated carbocycles. The van der Waals surface area contributed by atoms with E-state index in [1.54, 1.807) is 6.07 Å². The molecule has 27 heavy (non-hydrogen) atoms. The molecule has 0 spiro atoms. The number of aryl methyl sites for hydroxylation is 2. The van der Waals surface area contributed by atoms with Crippen molar-refractivity contribution >= 4 is 28.8 Å². The van der Waals surface area contributed by atoms with Crippen molar-refractivity contribution in [2.75, 3.05) is 0 Å². The molecule has 1 aliphatic carbocycles. The van der Waals surface area contributed by atoms with Crippen molar-refractivity contribution in [3.8, 4) is 0 Å². The van der Waals surface area contributed by atoms with E-state index in [9.17, 15) is 19.2 Å². The van der Waals surface area contributed by atoms with Crippen LogP contribution in [0.4, 0.5) is 4.79 Å². The Morgan fingerprint density at radius 2 is 1.74 bits per heavy atom. The molecule has 1 saturated heterocycles. The summed E-state index contributed by atoms with van der Waals surface area (Å²) in [6, 6.07) is 4.17. The summed E-state index contributed by atoms with van der Waals surface area (Å²) in [7, 11) is 0. The molecule has 140 valence electrons. The van der Waals surface area contributed by atoms with E-state index in [1.807, 2.05) is 19.9 Å². The van der Waals surface area contributed by atoms with Crippen LogP contribution in [0.1, 0.15) is 42.4 Å². The van der Waals surface area contributed by atoms with Gasteiger partial charge in [-0.1, -0.05) is 25.0 Å². The molecule has 2 heterocycles. The number of rotatable bonds is 3. The zero-order valence-corrected chi connectivity index (χ0v) is 15.3. The van der Waals surface area contributed by atoms with E-state index >= 15 is 0 Å². The second-order valence-electron chi connectivity index (χ2n) is 7.26. The van der Waals surface area contributed by atoms with Gasteiger partial charge in [-0.05, 0) is 43.4 Å². The molecule has 0 unspecified atom stereocenters. The lowest BCUT2D eigenvalue weighted by Gasteiger charge is -2.21. The molecule has 1 aromatic carbocycles. The van der Waals surface area contributed by atoms with Crippen LogP contribution in [0.25, 0.3) is 11.0 Å². The third-order valence-electron chi connectivity index (χ3n) is 5.62. The van der Waals surface area contributed by atoms with Crippen molar-refractivity contribution in [2.45, 2.75) is 52.1 Å². The van der Waals surface area contributed by atoms with E-state index in [1.165, 1.54) is 6.07 Å². The van der Waals surface area contributed by atoms with E-state index in [0.717, 1.165) is 46.6 Å². The smallest absolute Gasteiger partial charge is 0.336 e. The lowest BCUT2D eigenvalue weighted by atomic mass is 10.0. The molecular weight excluding hydrogens is 348 g/mol. The van der Waals surface area contributed by atoms with Crippen molar-refractivity contribution < 1.29 is 18.8 Å². The maximum absolute atomic E-state index is 12.8. The number of hydrogen-bond donors (Lipinski definition) is 0. The number of fused-ring (bicyclic) bond motifs is 1. The first kappa shape index (κ1) is 17.5. The Morgan fingerprint density at radius 1 is 1.04 bits per heavy atom. The van der Waals surface area contributed by atoms with Gasteiger partial charge < -0.3 is 4.42 Å². The maximum atomic E-state index is 12.8. The normalized spacial score (nSPS) is 18.4. The van der Waals surface area contributed by atoms with E-state index < -0.39 is 23.5 Å². The van der Waals surface area contributed by atoms with Gasteiger partial charge in [0.25, 0.3) is 0 Å². The van der Waals surface area contributed by atoms with Gasteiger partial charge in [-0.3, -0.25) is 19.4 Å². The minimum Gasteiger partial charge on any atom is -0.422 e. The Bertz CT molecular complexity index is 1030. The highest BCUT2D eigenvalue weighted by Gasteiger charge is 2.48. The van der Waals surface area contributed by atoms with Crippen LogP contribution >= 0.6 is 0 Å². The van der Waals surface area contributed by atoms with Crippen LogP contribution in [0.2, 0.25) is 0 Å². The monoisotopic (exact) mass is 368 g/mol. The predicted molar refractivity (Wildman–Crippen MR) is 97.0 cm³/mol. The molecule has 7 heteroatoms. The molecule has 4 rings (SSSR count). The first-order valence-corrected chi connectivity index (χ1v) is 9.10. The summed E-state index contributed by atoms with van der Waals surface area (Å²) in [6.45, 7) is 3.63. The van der Waals surface area contributed by atoms with Crippen LogP contribution in [0.3, 0.4) is 0 Å². The molecule has 0 N–H and O–H groups in total. The first-order chi connectivity index (χ1) is 12.9. The Labute approximate surface area is 155 Å². The van der Waals surface area contributed by atoms with Gasteiger partial charge in [-0.15, -0.1) is 0 Å². The van der Waals surface area contributed by atoms with Crippen LogP contribution in [-0.4, -0.2) is 33.7 Å². The number of amides is 4. The topological polar surface area (TPSA) is 87.9 Å². The van der Waals surface area contributed by atoms with Gasteiger partial charge in [0.1, 0.15) is 5.58 Å². The van der Waals surface area contributed by atoms with Gasteiger partial charge in [0, 0.05) is 17.5 Å². The zero-order chi connectivity index (χ0) is 19.3. The lowest BCUT2D eigenvalue weighted by Crippen LogP contribution is -2.39. The van der Waals surface area contributed by atoms with Gasteiger partial charge in [0.15, 0.2) is 0 Å². The van der Waals surface area contributed by atoms with Crippen molar-refractivity contribution in [2.24, 2.45) is 0 Å². The fourth-order valence-corrected chi connectivity index (χ4v) is 3.97. The molecule has 2 fully saturated rings. The number of nitrogens with zero attached hydrogens (tertiary/aromatic N) is 2. The summed E-state index contributed by atoms with van der Waals surface area (Å²) in [4.78, 5) is 51.6. The summed E-state index contributed by atoms with van der Waals surface area (Å²) in [5.41, 5.74) is 2.18. The third kappa shape index (κ3) is 2.74. The van der Waals surface area contributed by atoms with Gasteiger partial charge in [0.05, 0.1) is 6.54 Å². The van der Waals surface area contributed by atoms with E-state index in [-0.39, 0.29) is 12.6 Å². The molecule has 2 aromatic rings. The lowest BCUT2D eigenvalue weighted by molar-refractivity contribution is -0.144. The van der Waals surface area contributed by atoms with Crippen LogP contribution in [0.5, 0.6) is 0 Å². The van der Waals surface area contributed by atoms with Gasteiger partial charge in [-0.2, -0.15) is 0 Å². The Hall–Kier alpha value is -2.96. The summed E-state index contributed by atoms with van der Waals surface area (Å²) < 4.78 is 5.33. The zero-order valence-electron chi connectivity index (χ0n) is 15.3. The average molecular weight is 368 g/mol. The quantitative estimate of drug-likeness (QED) is 0.472. The summed E-state index contributed by atoms with van der Waals surface area (Å²) in [5, 5.41) is 0.657. The minimum absolute atomic E-state index is 0.128. The average Bonchev–Trinajstić information content (AvgIpc) is 3.22. The number of imide groups is 2. The summed E-state index contributed by atoms with van der Waals surface area (Å²) >= 11 is 0. The minimum atomic E-state index is -0.836. The van der Waals surface area contributed by atoms with E-state index in [0.29, 0.717) is 16.5 Å².